The highest BCUT2D eigenvalue weighted by Crippen LogP contribution is 2.39. The molecule has 4 rings (SSSR count). The van der Waals surface area contributed by atoms with E-state index in [9.17, 15) is 9.59 Å². The molecule has 1 saturated heterocycles. The van der Waals surface area contributed by atoms with Crippen LogP contribution in [0.5, 0.6) is 0 Å². The van der Waals surface area contributed by atoms with Crippen LogP contribution in [0.25, 0.3) is 0 Å². The Kier molecular flexibility index (Phi) is 4.36. The summed E-state index contributed by atoms with van der Waals surface area (Å²) in [5, 5.41) is 7.31. The fraction of sp³-hybridized carbons (Fsp3) is 0.556. The summed E-state index contributed by atoms with van der Waals surface area (Å²) >= 11 is 0. The quantitative estimate of drug-likeness (QED) is 0.866. The van der Waals surface area contributed by atoms with Crippen LogP contribution in [0.1, 0.15) is 48.4 Å². The van der Waals surface area contributed by atoms with Gasteiger partial charge in [0.1, 0.15) is 12.4 Å². The number of pyridine rings is 1. The van der Waals surface area contributed by atoms with Crippen LogP contribution >= 0.6 is 0 Å². The van der Waals surface area contributed by atoms with E-state index in [2.05, 4.69) is 15.2 Å². The fourth-order valence-corrected chi connectivity index (χ4v) is 3.48. The van der Waals surface area contributed by atoms with Crippen molar-refractivity contribution in [2.75, 3.05) is 13.7 Å². The van der Waals surface area contributed by atoms with Gasteiger partial charge in [-0.1, -0.05) is 6.07 Å². The largest absolute Gasteiger partial charge is 0.380 e. The SMILES string of the molecule is CO[C@@H]1C[C@@H](c2nc(C3CC3)n[nH]2)N(C(=O)Cn2cccc(C)c2=O)C1. The summed E-state index contributed by atoms with van der Waals surface area (Å²) in [6.07, 6.45) is 4.52. The molecule has 1 aliphatic heterocycles. The van der Waals surface area contributed by atoms with Gasteiger partial charge in [0.05, 0.1) is 12.1 Å². The van der Waals surface area contributed by atoms with E-state index >= 15 is 0 Å². The van der Waals surface area contributed by atoms with Crippen LogP contribution in [-0.2, 0) is 16.1 Å². The molecule has 0 unspecified atom stereocenters. The van der Waals surface area contributed by atoms with Crippen molar-refractivity contribution >= 4 is 5.91 Å². The van der Waals surface area contributed by atoms with Crippen LogP contribution in [0, 0.1) is 6.92 Å². The maximum atomic E-state index is 12.9. The average Bonchev–Trinajstić information content (AvgIpc) is 3.20. The predicted octanol–water partition coefficient (Wildman–Crippen LogP) is 1.14. The monoisotopic (exact) mass is 357 g/mol. The van der Waals surface area contributed by atoms with E-state index in [0.717, 1.165) is 18.7 Å². The Balaban J connectivity index is 1.56. The number of aryl methyl sites for hydroxylation is 1. The zero-order valence-corrected chi connectivity index (χ0v) is 15.0. The van der Waals surface area contributed by atoms with Crippen molar-refractivity contribution in [3.63, 3.8) is 0 Å². The number of hydrogen-bond acceptors (Lipinski definition) is 5. The van der Waals surface area contributed by atoms with Crippen LogP contribution in [0.3, 0.4) is 0 Å². The maximum absolute atomic E-state index is 12.9. The van der Waals surface area contributed by atoms with Crippen molar-refractivity contribution in [1.82, 2.24) is 24.6 Å². The highest BCUT2D eigenvalue weighted by molar-refractivity contribution is 5.77. The molecule has 2 aromatic heterocycles. The molecule has 8 heteroatoms. The summed E-state index contributed by atoms with van der Waals surface area (Å²) in [7, 11) is 1.65. The second kappa shape index (κ2) is 6.68. The van der Waals surface area contributed by atoms with Gasteiger partial charge in [-0.2, -0.15) is 5.10 Å². The third-order valence-electron chi connectivity index (χ3n) is 5.21. The highest BCUT2D eigenvalue weighted by atomic mass is 16.5. The second-order valence-electron chi connectivity index (χ2n) is 7.13. The van der Waals surface area contributed by atoms with E-state index < -0.39 is 0 Å². The predicted molar refractivity (Wildman–Crippen MR) is 93.7 cm³/mol. The molecule has 0 aromatic carbocycles. The lowest BCUT2D eigenvalue weighted by atomic mass is 10.2. The molecule has 2 aliphatic rings. The van der Waals surface area contributed by atoms with E-state index in [4.69, 9.17) is 4.74 Å². The van der Waals surface area contributed by atoms with Crippen LogP contribution in [0.4, 0.5) is 0 Å². The van der Waals surface area contributed by atoms with E-state index in [1.54, 1.807) is 37.3 Å². The minimum absolute atomic E-state index is 0.0110. The molecule has 26 heavy (non-hydrogen) atoms. The normalized spacial score (nSPS) is 22.8. The summed E-state index contributed by atoms with van der Waals surface area (Å²) in [5.41, 5.74) is 0.480. The average molecular weight is 357 g/mol. The number of carbonyl (C=O) groups excluding carboxylic acids is 1. The molecule has 1 aliphatic carbocycles. The molecule has 1 amide bonds. The lowest BCUT2D eigenvalue weighted by Crippen LogP contribution is -2.37. The molecule has 1 N–H and O–H groups in total. The number of aromatic amines is 1. The van der Waals surface area contributed by atoms with Crippen molar-refractivity contribution < 1.29 is 9.53 Å². The molecule has 138 valence electrons. The van der Waals surface area contributed by atoms with E-state index in [1.165, 1.54) is 4.57 Å². The number of methoxy groups -OCH3 is 1. The Morgan fingerprint density at radius 2 is 2.23 bits per heavy atom. The first-order valence-electron chi connectivity index (χ1n) is 8.97. The zero-order valence-electron chi connectivity index (χ0n) is 15.0. The minimum atomic E-state index is -0.201. The molecule has 0 radical (unpaired) electrons. The van der Waals surface area contributed by atoms with Crippen molar-refractivity contribution in [3.8, 4) is 0 Å². The summed E-state index contributed by atoms with van der Waals surface area (Å²) in [4.78, 5) is 31.5. The Morgan fingerprint density at radius 3 is 2.96 bits per heavy atom. The Morgan fingerprint density at radius 1 is 1.42 bits per heavy atom. The molecule has 0 bridgehead atoms. The third kappa shape index (κ3) is 3.16. The van der Waals surface area contributed by atoms with E-state index in [1.807, 2.05) is 0 Å². The van der Waals surface area contributed by atoms with Gasteiger partial charge in [0.2, 0.25) is 5.91 Å². The van der Waals surface area contributed by atoms with Crippen LogP contribution in [-0.4, -0.2) is 50.3 Å². The van der Waals surface area contributed by atoms with Crippen LogP contribution in [0.2, 0.25) is 0 Å². The molecular formula is C18H23N5O3. The van der Waals surface area contributed by atoms with Gasteiger partial charge in [0, 0.05) is 37.8 Å². The number of ether oxygens (including phenoxy) is 1. The Labute approximate surface area is 151 Å². The van der Waals surface area contributed by atoms with Gasteiger partial charge in [0.25, 0.3) is 5.56 Å². The first kappa shape index (κ1) is 17.0. The molecule has 2 aromatic rings. The number of hydrogen-bond donors (Lipinski definition) is 1. The molecule has 2 fully saturated rings. The minimum Gasteiger partial charge on any atom is -0.380 e. The van der Waals surface area contributed by atoms with E-state index in [0.29, 0.717) is 30.3 Å². The molecule has 3 heterocycles. The van der Waals surface area contributed by atoms with Crippen molar-refractivity contribution in [2.24, 2.45) is 0 Å². The van der Waals surface area contributed by atoms with Gasteiger partial charge >= 0.3 is 0 Å². The molecule has 2 atom stereocenters. The number of nitrogens with zero attached hydrogens (tertiary/aromatic N) is 4. The zero-order chi connectivity index (χ0) is 18.3. The summed E-state index contributed by atoms with van der Waals surface area (Å²) < 4.78 is 6.93. The van der Waals surface area contributed by atoms with Gasteiger partial charge in [0.15, 0.2) is 5.82 Å². The van der Waals surface area contributed by atoms with Gasteiger partial charge in [-0.15, -0.1) is 0 Å². The van der Waals surface area contributed by atoms with Gasteiger partial charge in [-0.25, -0.2) is 4.98 Å². The topological polar surface area (TPSA) is 93.1 Å². The molecular weight excluding hydrogens is 334 g/mol. The lowest BCUT2D eigenvalue weighted by Gasteiger charge is -2.23. The molecule has 0 spiro atoms. The van der Waals surface area contributed by atoms with Gasteiger partial charge in [-0.3, -0.25) is 14.7 Å². The van der Waals surface area contributed by atoms with Crippen molar-refractivity contribution in [3.05, 3.63) is 45.9 Å². The maximum Gasteiger partial charge on any atom is 0.253 e. The number of carbonyl (C=O) groups is 1. The highest BCUT2D eigenvalue weighted by Gasteiger charge is 2.39. The van der Waals surface area contributed by atoms with Crippen molar-refractivity contribution in [1.29, 1.82) is 0 Å². The van der Waals surface area contributed by atoms with Crippen molar-refractivity contribution in [2.45, 2.75) is 50.8 Å². The van der Waals surface area contributed by atoms with Gasteiger partial charge < -0.3 is 14.2 Å². The standard InChI is InChI=1S/C18H23N5O3/c1-11-4-3-7-22(18(11)25)10-15(24)23-9-13(26-2)8-14(23)17-19-16(20-21-17)12-5-6-12/h3-4,7,12-14H,5-6,8-10H2,1-2H3,(H,19,20,21)/t13-,14+/m1/s1. The fourth-order valence-electron chi connectivity index (χ4n) is 3.48. The number of amides is 1. The second-order valence-corrected chi connectivity index (χ2v) is 7.13. The number of rotatable bonds is 5. The van der Waals surface area contributed by atoms with Gasteiger partial charge in [-0.05, 0) is 25.8 Å². The lowest BCUT2D eigenvalue weighted by molar-refractivity contribution is -0.133. The Bertz CT molecular complexity index is 870. The van der Waals surface area contributed by atoms with Crippen LogP contribution < -0.4 is 5.56 Å². The van der Waals surface area contributed by atoms with E-state index in [-0.39, 0.29) is 30.2 Å². The summed E-state index contributed by atoms with van der Waals surface area (Å²) in [6, 6.07) is 3.33. The number of aromatic nitrogens is 4. The number of nitrogens with one attached hydrogen (secondary N) is 1. The molecule has 8 nitrogen and oxygen atoms in total. The first-order chi connectivity index (χ1) is 12.6. The smallest absolute Gasteiger partial charge is 0.253 e. The number of H-pyrrole nitrogens is 1. The Hall–Kier alpha value is -2.48. The summed E-state index contributed by atoms with van der Waals surface area (Å²) in [6.45, 7) is 2.24. The van der Waals surface area contributed by atoms with Crippen LogP contribution in [0.15, 0.2) is 23.1 Å². The first-order valence-corrected chi connectivity index (χ1v) is 8.97. The summed E-state index contributed by atoms with van der Waals surface area (Å²) in [5.74, 6) is 1.88. The third-order valence-corrected chi connectivity index (χ3v) is 5.21. The molecule has 1 saturated carbocycles. The number of likely N-dealkylation sites (tertiary alicyclic amines) is 1.